The van der Waals surface area contributed by atoms with Crippen LogP contribution in [0.2, 0.25) is 5.02 Å². The predicted octanol–water partition coefficient (Wildman–Crippen LogP) is 5.78. The molecule has 1 aromatic heterocycles. The van der Waals surface area contributed by atoms with Crippen LogP contribution >= 0.6 is 27.5 Å². The van der Waals surface area contributed by atoms with E-state index in [4.69, 9.17) is 26.1 Å². The monoisotopic (exact) mass is 609 g/mol. The van der Waals surface area contributed by atoms with Crippen LogP contribution in [0.4, 0.5) is 15.0 Å². The molecule has 0 radical (unpaired) electrons. The fourth-order valence-corrected chi connectivity index (χ4v) is 7.28. The summed E-state index contributed by atoms with van der Waals surface area (Å²) in [6, 6.07) is 1.95. The molecule has 0 aliphatic carbocycles. The number of carbonyl (C=O) groups is 1. The maximum atomic E-state index is 15.5. The number of hydrogen-bond acceptors (Lipinski definition) is 7. The third kappa shape index (κ3) is 4.60. The fourth-order valence-electron chi connectivity index (χ4n) is 6.78. The Labute approximate surface area is 235 Å². The van der Waals surface area contributed by atoms with Crippen molar-refractivity contribution >= 4 is 50.3 Å². The quantitative estimate of drug-likeness (QED) is 0.407. The highest BCUT2D eigenvalue weighted by Gasteiger charge is 2.46. The van der Waals surface area contributed by atoms with Gasteiger partial charge in [-0.05, 0) is 94.4 Å². The SMILES string of the molecule is CC(C)(C)OC(=O)N1CC2CCC(C1)N2c1nc(OCC23CCCN2CCC3)nc2c(F)c(Br)c(Cl)cc12. The molecule has 1 aromatic carbocycles. The molecule has 2 aromatic rings. The molecule has 8 nitrogen and oxygen atoms in total. The van der Waals surface area contributed by atoms with E-state index in [1.54, 1.807) is 11.0 Å². The molecule has 0 spiro atoms. The third-order valence-corrected chi connectivity index (χ3v) is 9.75. The zero-order valence-electron chi connectivity index (χ0n) is 22.1. The summed E-state index contributed by atoms with van der Waals surface area (Å²) in [5.74, 6) is 0.0871. The number of likely N-dealkylation sites (tertiary alicyclic amines) is 1. The lowest BCUT2D eigenvalue weighted by Crippen LogP contribution is -2.56. The second kappa shape index (κ2) is 9.63. The van der Waals surface area contributed by atoms with Gasteiger partial charge >= 0.3 is 12.1 Å². The van der Waals surface area contributed by atoms with Gasteiger partial charge in [0.1, 0.15) is 23.5 Å². The molecule has 6 rings (SSSR count). The van der Waals surface area contributed by atoms with Gasteiger partial charge in [0.15, 0.2) is 5.82 Å². The Morgan fingerprint density at radius 3 is 2.47 bits per heavy atom. The Hall–Kier alpha value is -1.91. The van der Waals surface area contributed by atoms with Gasteiger partial charge in [-0.15, -0.1) is 0 Å². The second-order valence-electron chi connectivity index (χ2n) is 12.1. The molecule has 2 unspecified atom stereocenters. The van der Waals surface area contributed by atoms with Gasteiger partial charge in [0, 0.05) is 30.6 Å². The lowest BCUT2D eigenvalue weighted by atomic mass is 9.95. The molecule has 11 heteroatoms. The molecular weight excluding hydrogens is 577 g/mol. The van der Waals surface area contributed by atoms with Crippen molar-refractivity contribution < 1.29 is 18.7 Å². The number of ether oxygens (including phenoxy) is 2. The van der Waals surface area contributed by atoms with Crippen LogP contribution in [-0.2, 0) is 4.74 Å². The number of aromatic nitrogens is 2. The van der Waals surface area contributed by atoms with Crippen LogP contribution in [-0.4, -0.2) is 81.9 Å². The Morgan fingerprint density at radius 1 is 1.18 bits per heavy atom. The summed E-state index contributed by atoms with van der Waals surface area (Å²) in [6.07, 6.45) is 6.02. The lowest BCUT2D eigenvalue weighted by Gasteiger charge is -2.42. The number of hydrogen-bond donors (Lipinski definition) is 0. The summed E-state index contributed by atoms with van der Waals surface area (Å²) in [4.78, 5) is 28.8. The topological polar surface area (TPSA) is 71.0 Å². The van der Waals surface area contributed by atoms with Crippen molar-refractivity contribution in [2.24, 2.45) is 0 Å². The van der Waals surface area contributed by atoms with Crippen LogP contribution in [0.5, 0.6) is 6.01 Å². The van der Waals surface area contributed by atoms with E-state index < -0.39 is 11.4 Å². The summed E-state index contributed by atoms with van der Waals surface area (Å²) in [7, 11) is 0. The van der Waals surface area contributed by atoms with Crippen molar-refractivity contribution in [1.29, 1.82) is 0 Å². The van der Waals surface area contributed by atoms with Gasteiger partial charge in [-0.2, -0.15) is 9.97 Å². The Balaban J connectivity index is 1.34. The average Bonchev–Trinajstić information content (AvgIpc) is 3.50. The number of benzene rings is 1. The number of carbonyl (C=O) groups excluding carboxylic acids is 1. The van der Waals surface area contributed by atoms with Gasteiger partial charge in [0.25, 0.3) is 0 Å². The van der Waals surface area contributed by atoms with Crippen LogP contribution in [0.3, 0.4) is 0 Å². The van der Waals surface area contributed by atoms with Crippen LogP contribution in [0, 0.1) is 5.82 Å². The van der Waals surface area contributed by atoms with E-state index in [-0.39, 0.29) is 44.7 Å². The minimum Gasteiger partial charge on any atom is -0.461 e. The van der Waals surface area contributed by atoms with E-state index in [1.165, 1.54) is 12.8 Å². The summed E-state index contributed by atoms with van der Waals surface area (Å²) >= 11 is 9.67. The fraction of sp³-hybridized carbons (Fsp3) is 0.667. The minimum absolute atomic E-state index is 0.0235. The normalized spacial score (nSPS) is 24.8. The van der Waals surface area contributed by atoms with Crippen molar-refractivity contribution in [2.45, 2.75) is 82.5 Å². The molecular formula is C27H34BrClFN5O3. The number of nitrogens with zero attached hydrogens (tertiary/aromatic N) is 5. The standard InChI is InChI=1S/C27H34BrClFN5O3/c1-26(2,3)38-25(36)33-13-16-6-7-17(14-33)35(16)23-18-12-19(29)20(28)21(30)22(18)31-24(32-23)37-15-27-8-4-10-34(27)11-5-9-27/h12,16-17H,4-11,13-15H2,1-3H3. The van der Waals surface area contributed by atoms with E-state index in [0.29, 0.717) is 30.9 Å². The Bertz CT molecular complexity index is 1250. The summed E-state index contributed by atoms with van der Waals surface area (Å²) in [5, 5.41) is 0.812. The molecule has 4 aliphatic heterocycles. The Kier molecular flexibility index (Phi) is 6.67. The molecule has 4 fully saturated rings. The maximum Gasteiger partial charge on any atom is 0.410 e. The van der Waals surface area contributed by atoms with Gasteiger partial charge < -0.3 is 19.3 Å². The number of fused-ring (bicyclic) bond motifs is 4. The highest BCUT2D eigenvalue weighted by Crippen LogP contribution is 2.43. The van der Waals surface area contributed by atoms with Gasteiger partial charge in [-0.3, -0.25) is 4.90 Å². The van der Waals surface area contributed by atoms with Crippen molar-refractivity contribution in [3.63, 3.8) is 0 Å². The van der Waals surface area contributed by atoms with Crippen LogP contribution < -0.4 is 9.64 Å². The van der Waals surface area contributed by atoms with Crippen LogP contribution in [0.1, 0.15) is 59.3 Å². The minimum atomic E-state index is -0.558. The third-order valence-electron chi connectivity index (χ3n) is 8.45. The molecule has 1 amide bonds. The predicted molar refractivity (Wildman–Crippen MR) is 148 cm³/mol. The average molecular weight is 611 g/mol. The molecule has 206 valence electrons. The van der Waals surface area contributed by atoms with E-state index in [2.05, 4.69) is 30.7 Å². The first-order valence-electron chi connectivity index (χ1n) is 13.5. The first-order valence-corrected chi connectivity index (χ1v) is 14.7. The van der Waals surface area contributed by atoms with Gasteiger partial charge in [-0.25, -0.2) is 9.18 Å². The van der Waals surface area contributed by atoms with Gasteiger partial charge in [0.2, 0.25) is 0 Å². The number of piperazine rings is 1. The number of amides is 1. The largest absolute Gasteiger partial charge is 0.461 e. The molecule has 4 aliphatic rings. The van der Waals surface area contributed by atoms with Crippen molar-refractivity contribution in [3.8, 4) is 6.01 Å². The molecule has 0 saturated carbocycles. The Morgan fingerprint density at radius 2 is 1.84 bits per heavy atom. The molecule has 38 heavy (non-hydrogen) atoms. The number of halogens is 3. The molecule has 4 saturated heterocycles. The number of rotatable bonds is 4. The van der Waals surface area contributed by atoms with Crippen molar-refractivity contribution in [2.75, 3.05) is 37.7 Å². The first kappa shape index (κ1) is 26.3. The van der Waals surface area contributed by atoms with Crippen LogP contribution in [0.25, 0.3) is 10.9 Å². The molecule has 0 N–H and O–H groups in total. The van der Waals surface area contributed by atoms with E-state index in [9.17, 15) is 4.79 Å². The van der Waals surface area contributed by atoms with Gasteiger partial charge in [0.05, 0.1) is 15.0 Å². The zero-order valence-corrected chi connectivity index (χ0v) is 24.4. The number of anilines is 1. The maximum absolute atomic E-state index is 15.5. The highest BCUT2D eigenvalue weighted by molar-refractivity contribution is 9.10. The zero-order chi connectivity index (χ0) is 26.8. The van der Waals surface area contributed by atoms with E-state index in [1.807, 2.05) is 20.8 Å². The molecule has 2 bridgehead atoms. The van der Waals surface area contributed by atoms with Crippen molar-refractivity contribution in [3.05, 3.63) is 21.4 Å². The molecule has 2 atom stereocenters. The smallest absolute Gasteiger partial charge is 0.410 e. The second-order valence-corrected chi connectivity index (χ2v) is 13.3. The van der Waals surface area contributed by atoms with Crippen LogP contribution in [0.15, 0.2) is 10.5 Å². The summed E-state index contributed by atoms with van der Waals surface area (Å²) in [5.41, 5.74) is -0.351. The molecule has 5 heterocycles. The van der Waals surface area contributed by atoms with E-state index >= 15 is 4.39 Å². The van der Waals surface area contributed by atoms with Crippen molar-refractivity contribution in [1.82, 2.24) is 19.8 Å². The first-order chi connectivity index (χ1) is 18.0. The van der Waals surface area contributed by atoms with Gasteiger partial charge in [-0.1, -0.05) is 11.6 Å². The lowest BCUT2D eigenvalue weighted by molar-refractivity contribution is 0.0209. The highest BCUT2D eigenvalue weighted by atomic mass is 79.9. The summed E-state index contributed by atoms with van der Waals surface area (Å²) in [6.45, 7) is 9.32. The summed E-state index contributed by atoms with van der Waals surface area (Å²) < 4.78 is 27.6. The van der Waals surface area contributed by atoms with E-state index in [0.717, 1.165) is 38.8 Å².